The van der Waals surface area contributed by atoms with Gasteiger partial charge < -0.3 is 9.59 Å². The van der Waals surface area contributed by atoms with E-state index in [-0.39, 0.29) is 12.1 Å². The monoisotopic (exact) mass is 141 g/mol. The summed E-state index contributed by atoms with van der Waals surface area (Å²) in [6.45, 7) is 0. The van der Waals surface area contributed by atoms with Gasteiger partial charge in [0.15, 0.2) is 0 Å². The Bertz CT molecular complexity index is 131. The number of likely N-dealkylation sites (N-methyl/N-ethyl adjacent to an activating group) is 1. The standard InChI is InChI=1S/C7H11NO2/c1-8-6(4-9)2-3-7(8)5-10/h4-7H,2-3H2,1H3/t6-,7-/m0/s1. The van der Waals surface area contributed by atoms with Crippen LogP contribution in [0.15, 0.2) is 0 Å². The van der Waals surface area contributed by atoms with Crippen LogP contribution in [-0.2, 0) is 9.59 Å². The number of carbonyl (C=O) groups excluding carboxylic acids is 2. The molecule has 1 aliphatic rings. The molecule has 2 atom stereocenters. The SMILES string of the molecule is CN1[C@H](C=O)CC[C@H]1C=O. The summed E-state index contributed by atoms with van der Waals surface area (Å²) in [7, 11) is 1.81. The van der Waals surface area contributed by atoms with Crippen molar-refractivity contribution in [3.8, 4) is 0 Å². The Morgan fingerprint density at radius 3 is 1.80 bits per heavy atom. The molecule has 1 rings (SSSR count). The third-order valence-corrected chi connectivity index (χ3v) is 2.12. The molecule has 56 valence electrons. The molecule has 0 spiro atoms. The van der Waals surface area contributed by atoms with Crippen LogP contribution in [0.3, 0.4) is 0 Å². The van der Waals surface area contributed by atoms with Gasteiger partial charge in [-0.1, -0.05) is 0 Å². The van der Waals surface area contributed by atoms with Gasteiger partial charge in [0.05, 0.1) is 12.1 Å². The van der Waals surface area contributed by atoms with E-state index >= 15 is 0 Å². The molecule has 0 amide bonds. The van der Waals surface area contributed by atoms with Crippen molar-refractivity contribution in [2.24, 2.45) is 0 Å². The Hall–Kier alpha value is -0.700. The average Bonchev–Trinajstić information content (AvgIpc) is 2.30. The molecule has 0 aromatic carbocycles. The van der Waals surface area contributed by atoms with E-state index in [9.17, 15) is 9.59 Å². The first-order chi connectivity index (χ1) is 4.79. The van der Waals surface area contributed by atoms with Gasteiger partial charge >= 0.3 is 0 Å². The summed E-state index contributed by atoms with van der Waals surface area (Å²) in [5, 5.41) is 0. The number of likely N-dealkylation sites (tertiary alicyclic amines) is 1. The van der Waals surface area contributed by atoms with E-state index in [0.717, 1.165) is 25.4 Å². The van der Waals surface area contributed by atoms with Crippen LogP contribution in [0.25, 0.3) is 0 Å². The van der Waals surface area contributed by atoms with Gasteiger partial charge in [0.2, 0.25) is 0 Å². The third kappa shape index (κ3) is 1.09. The van der Waals surface area contributed by atoms with Crippen LogP contribution in [0, 0.1) is 0 Å². The third-order valence-electron chi connectivity index (χ3n) is 2.12. The van der Waals surface area contributed by atoms with Crippen LogP contribution in [0.4, 0.5) is 0 Å². The molecule has 3 heteroatoms. The first kappa shape index (κ1) is 7.41. The maximum atomic E-state index is 10.3. The summed E-state index contributed by atoms with van der Waals surface area (Å²) in [5.41, 5.74) is 0. The fourth-order valence-corrected chi connectivity index (χ4v) is 1.32. The topological polar surface area (TPSA) is 37.4 Å². The van der Waals surface area contributed by atoms with Crippen molar-refractivity contribution in [3.05, 3.63) is 0 Å². The van der Waals surface area contributed by atoms with Gasteiger partial charge in [-0.3, -0.25) is 4.90 Å². The lowest BCUT2D eigenvalue weighted by molar-refractivity contribution is -0.114. The quantitative estimate of drug-likeness (QED) is 0.502. The summed E-state index contributed by atoms with van der Waals surface area (Å²) in [6, 6.07) is -0.0644. The fraction of sp³-hybridized carbons (Fsp3) is 0.714. The zero-order chi connectivity index (χ0) is 7.56. The molecule has 0 aromatic heterocycles. The smallest absolute Gasteiger partial charge is 0.137 e. The normalized spacial score (nSPS) is 34.1. The van der Waals surface area contributed by atoms with Crippen molar-refractivity contribution in [2.75, 3.05) is 7.05 Å². The van der Waals surface area contributed by atoms with Gasteiger partial charge in [-0.15, -0.1) is 0 Å². The lowest BCUT2D eigenvalue weighted by Crippen LogP contribution is -2.33. The zero-order valence-corrected chi connectivity index (χ0v) is 5.99. The van der Waals surface area contributed by atoms with Gasteiger partial charge in [-0.25, -0.2) is 0 Å². The predicted molar refractivity (Wildman–Crippen MR) is 36.7 cm³/mol. The maximum Gasteiger partial charge on any atom is 0.137 e. The molecule has 1 aliphatic heterocycles. The van der Waals surface area contributed by atoms with Crippen LogP contribution in [0.1, 0.15) is 12.8 Å². The molecular formula is C7H11NO2. The van der Waals surface area contributed by atoms with Crippen molar-refractivity contribution < 1.29 is 9.59 Å². The molecule has 0 aromatic rings. The van der Waals surface area contributed by atoms with Crippen LogP contribution in [0.5, 0.6) is 0 Å². The second-order valence-electron chi connectivity index (χ2n) is 2.65. The molecular weight excluding hydrogens is 130 g/mol. The summed E-state index contributed by atoms with van der Waals surface area (Å²) in [4.78, 5) is 22.5. The van der Waals surface area contributed by atoms with Gasteiger partial charge in [-0.2, -0.15) is 0 Å². The van der Waals surface area contributed by atoms with E-state index < -0.39 is 0 Å². The molecule has 0 saturated carbocycles. The highest BCUT2D eigenvalue weighted by atomic mass is 16.1. The van der Waals surface area contributed by atoms with Crippen molar-refractivity contribution in [3.63, 3.8) is 0 Å². The highest BCUT2D eigenvalue weighted by Crippen LogP contribution is 2.18. The Morgan fingerprint density at radius 2 is 1.60 bits per heavy atom. The highest BCUT2D eigenvalue weighted by molar-refractivity contribution is 5.64. The molecule has 1 heterocycles. The van der Waals surface area contributed by atoms with Crippen LogP contribution in [0.2, 0.25) is 0 Å². The number of carbonyl (C=O) groups is 2. The molecule has 0 N–H and O–H groups in total. The second kappa shape index (κ2) is 2.92. The largest absolute Gasteiger partial charge is 0.302 e. The molecule has 0 unspecified atom stereocenters. The molecule has 0 radical (unpaired) electrons. The second-order valence-corrected chi connectivity index (χ2v) is 2.65. The molecule has 1 saturated heterocycles. The predicted octanol–water partition coefficient (Wildman–Crippen LogP) is -0.153. The molecule has 0 bridgehead atoms. The van der Waals surface area contributed by atoms with Crippen LogP contribution < -0.4 is 0 Å². The Labute approximate surface area is 60.0 Å². The Kier molecular flexibility index (Phi) is 2.17. The van der Waals surface area contributed by atoms with E-state index in [1.165, 1.54) is 0 Å². The van der Waals surface area contributed by atoms with Crippen molar-refractivity contribution in [1.29, 1.82) is 0 Å². The van der Waals surface area contributed by atoms with E-state index in [1.54, 1.807) is 0 Å². The van der Waals surface area contributed by atoms with E-state index in [4.69, 9.17) is 0 Å². The first-order valence-electron chi connectivity index (χ1n) is 3.42. The van der Waals surface area contributed by atoms with Crippen molar-refractivity contribution in [1.82, 2.24) is 4.90 Å². The summed E-state index contributed by atoms with van der Waals surface area (Å²) >= 11 is 0. The number of hydrogen-bond acceptors (Lipinski definition) is 3. The zero-order valence-electron chi connectivity index (χ0n) is 5.99. The number of rotatable bonds is 2. The maximum absolute atomic E-state index is 10.3. The molecule has 3 nitrogen and oxygen atoms in total. The van der Waals surface area contributed by atoms with Gasteiger partial charge in [0, 0.05) is 0 Å². The minimum absolute atomic E-state index is 0.0322. The van der Waals surface area contributed by atoms with Gasteiger partial charge in [0.25, 0.3) is 0 Å². The fourth-order valence-electron chi connectivity index (χ4n) is 1.32. The summed E-state index contributed by atoms with van der Waals surface area (Å²) in [5.74, 6) is 0. The minimum atomic E-state index is -0.0322. The van der Waals surface area contributed by atoms with Crippen molar-refractivity contribution >= 4 is 12.6 Å². The summed E-state index contributed by atoms with van der Waals surface area (Å²) in [6.07, 6.45) is 3.46. The first-order valence-corrected chi connectivity index (χ1v) is 3.42. The van der Waals surface area contributed by atoms with E-state index in [2.05, 4.69) is 0 Å². The Balaban J connectivity index is 2.56. The van der Waals surface area contributed by atoms with Crippen LogP contribution in [-0.4, -0.2) is 36.6 Å². The summed E-state index contributed by atoms with van der Waals surface area (Å²) < 4.78 is 0. The minimum Gasteiger partial charge on any atom is -0.302 e. The lowest BCUT2D eigenvalue weighted by Gasteiger charge is -2.16. The molecule has 1 fully saturated rings. The van der Waals surface area contributed by atoms with Gasteiger partial charge in [0.1, 0.15) is 12.6 Å². The molecule has 10 heavy (non-hydrogen) atoms. The number of aldehydes is 2. The molecule has 0 aliphatic carbocycles. The highest BCUT2D eigenvalue weighted by Gasteiger charge is 2.29. The number of hydrogen-bond donors (Lipinski definition) is 0. The van der Waals surface area contributed by atoms with Crippen molar-refractivity contribution in [2.45, 2.75) is 24.9 Å². The van der Waals surface area contributed by atoms with Gasteiger partial charge in [-0.05, 0) is 19.9 Å². The average molecular weight is 141 g/mol. The Morgan fingerprint density at radius 1 is 1.20 bits per heavy atom. The van der Waals surface area contributed by atoms with E-state index in [0.29, 0.717) is 0 Å². The number of nitrogens with zero attached hydrogens (tertiary/aromatic N) is 1. The lowest BCUT2D eigenvalue weighted by atomic mass is 10.2. The van der Waals surface area contributed by atoms with Crippen LogP contribution >= 0.6 is 0 Å². The van der Waals surface area contributed by atoms with E-state index in [1.807, 2.05) is 11.9 Å².